The lowest BCUT2D eigenvalue weighted by atomic mass is 9.89. The maximum atomic E-state index is 10.9. The van der Waals surface area contributed by atoms with Crippen LogP contribution >= 0.6 is 11.6 Å². The van der Waals surface area contributed by atoms with E-state index in [1.807, 2.05) is 20.8 Å². The van der Waals surface area contributed by atoms with Crippen molar-refractivity contribution in [2.45, 2.75) is 33.3 Å². The first kappa shape index (κ1) is 15.7. The number of nitrogens with one attached hydrogen (secondary N) is 1. The number of hydrogen-bond acceptors (Lipinski definition) is 5. The maximum absolute atomic E-state index is 10.9. The normalized spacial score (nSPS) is 13.1. The van der Waals surface area contributed by atoms with Gasteiger partial charge in [-0.15, -0.1) is 0 Å². The first-order chi connectivity index (χ1) is 8.69. The van der Waals surface area contributed by atoms with E-state index in [-0.39, 0.29) is 28.5 Å². The summed E-state index contributed by atoms with van der Waals surface area (Å²) in [7, 11) is 0. The highest BCUT2D eigenvalue weighted by Crippen LogP contribution is 2.26. The van der Waals surface area contributed by atoms with Crippen molar-refractivity contribution >= 4 is 23.1 Å². The lowest BCUT2D eigenvalue weighted by Crippen LogP contribution is -2.25. The van der Waals surface area contributed by atoms with Gasteiger partial charge in [0.25, 0.3) is 0 Å². The molecule has 0 saturated carbocycles. The summed E-state index contributed by atoms with van der Waals surface area (Å²) < 4.78 is 0. The summed E-state index contributed by atoms with van der Waals surface area (Å²) in [6.45, 7) is 6.24. The monoisotopic (exact) mass is 287 g/mol. The second-order valence-electron chi connectivity index (χ2n) is 5.58. The molecule has 1 aromatic heterocycles. The van der Waals surface area contributed by atoms with Crippen LogP contribution in [0.15, 0.2) is 12.3 Å². The van der Waals surface area contributed by atoms with Gasteiger partial charge < -0.3 is 10.4 Å². The van der Waals surface area contributed by atoms with Crippen molar-refractivity contribution in [3.05, 3.63) is 27.4 Å². The number of nitro groups is 1. The molecule has 0 aliphatic rings. The van der Waals surface area contributed by atoms with Crippen LogP contribution in [-0.2, 0) is 0 Å². The molecule has 19 heavy (non-hydrogen) atoms. The van der Waals surface area contributed by atoms with Gasteiger partial charge in [-0.05, 0) is 11.8 Å². The van der Waals surface area contributed by atoms with E-state index in [0.717, 1.165) is 0 Å². The summed E-state index contributed by atoms with van der Waals surface area (Å²) in [5, 5.41) is 23.7. The fourth-order valence-corrected chi connectivity index (χ4v) is 1.85. The van der Waals surface area contributed by atoms with Gasteiger partial charge in [0.2, 0.25) is 5.82 Å². The predicted octanol–water partition coefficient (Wildman–Crippen LogP) is 2.85. The number of halogens is 1. The van der Waals surface area contributed by atoms with Gasteiger partial charge in [0.05, 0.1) is 16.0 Å². The minimum absolute atomic E-state index is 0.0134. The van der Waals surface area contributed by atoms with Crippen molar-refractivity contribution in [2.24, 2.45) is 5.41 Å². The molecule has 0 fully saturated rings. The first-order valence-corrected chi connectivity index (χ1v) is 6.29. The highest BCUT2D eigenvalue weighted by molar-refractivity contribution is 6.30. The van der Waals surface area contributed by atoms with Crippen LogP contribution in [0.3, 0.4) is 0 Å². The van der Waals surface area contributed by atoms with Crippen molar-refractivity contribution < 1.29 is 10.0 Å². The minimum Gasteiger partial charge on any atom is -0.391 e. The van der Waals surface area contributed by atoms with E-state index < -0.39 is 11.0 Å². The van der Waals surface area contributed by atoms with Gasteiger partial charge in [-0.25, -0.2) is 4.98 Å². The number of anilines is 1. The zero-order valence-electron chi connectivity index (χ0n) is 11.2. The van der Waals surface area contributed by atoms with Crippen molar-refractivity contribution in [1.29, 1.82) is 0 Å². The van der Waals surface area contributed by atoms with Gasteiger partial charge in [-0.3, -0.25) is 10.1 Å². The molecule has 0 aliphatic carbocycles. The largest absolute Gasteiger partial charge is 0.391 e. The lowest BCUT2D eigenvalue weighted by Gasteiger charge is -2.22. The third-order valence-electron chi connectivity index (χ3n) is 2.38. The molecule has 106 valence electrons. The molecule has 7 heteroatoms. The molecule has 0 aromatic carbocycles. The van der Waals surface area contributed by atoms with Crippen LogP contribution in [0.4, 0.5) is 11.5 Å². The highest BCUT2D eigenvalue weighted by atomic mass is 35.5. The molecule has 1 heterocycles. The Balaban J connectivity index is 2.70. The Bertz CT molecular complexity index is 460. The Hall–Kier alpha value is -1.40. The van der Waals surface area contributed by atoms with Gasteiger partial charge in [-0.2, -0.15) is 0 Å². The number of hydrogen-bond donors (Lipinski definition) is 2. The van der Waals surface area contributed by atoms with Gasteiger partial charge in [-0.1, -0.05) is 32.4 Å². The smallest absolute Gasteiger partial charge is 0.312 e. The molecule has 1 aromatic rings. The zero-order valence-corrected chi connectivity index (χ0v) is 11.9. The summed E-state index contributed by atoms with van der Waals surface area (Å²) in [6, 6.07) is 1.23. The van der Waals surface area contributed by atoms with Crippen LogP contribution in [0, 0.1) is 15.5 Å². The van der Waals surface area contributed by atoms with E-state index in [4.69, 9.17) is 11.6 Å². The van der Waals surface area contributed by atoms with Crippen LogP contribution in [0.25, 0.3) is 0 Å². The van der Waals surface area contributed by atoms with Crippen molar-refractivity contribution in [1.82, 2.24) is 4.98 Å². The van der Waals surface area contributed by atoms with Crippen molar-refractivity contribution in [3.8, 4) is 0 Å². The zero-order chi connectivity index (χ0) is 14.6. The van der Waals surface area contributed by atoms with Crippen LogP contribution in [0.5, 0.6) is 0 Å². The molecule has 1 unspecified atom stereocenters. The number of rotatable bonds is 5. The number of aliphatic hydroxyl groups excluding tert-OH is 1. The van der Waals surface area contributed by atoms with Crippen LogP contribution in [-0.4, -0.2) is 27.7 Å². The fourth-order valence-electron chi connectivity index (χ4n) is 1.70. The third kappa shape index (κ3) is 5.40. The second-order valence-corrected chi connectivity index (χ2v) is 6.01. The molecule has 0 radical (unpaired) electrons. The average Bonchev–Trinajstić information content (AvgIpc) is 2.24. The molecule has 2 N–H and O–H groups in total. The summed E-state index contributed by atoms with van der Waals surface area (Å²) >= 11 is 5.67. The molecule has 0 spiro atoms. The molecule has 0 bridgehead atoms. The van der Waals surface area contributed by atoms with E-state index in [1.165, 1.54) is 12.3 Å². The summed E-state index contributed by atoms with van der Waals surface area (Å²) in [5.41, 5.74) is -0.212. The average molecular weight is 288 g/mol. The quantitative estimate of drug-likeness (QED) is 0.642. The summed E-state index contributed by atoms with van der Waals surface area (Å²) in [4.78, 5) is 14.2. The Labute approximate surface area is 117 Å². The second kappa shape index (κ2) is 6.16. The number of aliphatic hydroxyl groups is 1. The van der Waals surface area contributed by atoms with Crippen LogP contribution in [0.1, 0.15) is 27.2 Å². The number of aromatic nitrogens is 1. The molecule has 0 saturated heterocycles. The van der Waals surface area contributed by atoms with E-state index in [2.05, 4.69) is 10.3 Å². The lowest BCUT2D eigenvalue weighted by molar-refractivity contribution is -0.384. The Morgan fingerprint density at radius 1 is 1.58 bits per heavy atom. The Kier molecular flexibility index (Phi) is 5.08. The molecule has 6 nitrogen and oxygen atoms in total. The van der Waals surface area contributed by atoms with Crippen molar-refractivity contribution in [3.63, 3.8) is 0 Å². The van der Waals surface area contributed by atoms with E-state index in [0.29, 0.717) is 6.42 Å². The number of pyridine rings is 1. The molecule has 1 atom stereocenters. The van der Waals surface area contributed by atoms with E-state index in [9.17, 15) is 15.2 Å². The highest BCUT2D eigenvalue weighted by Gasteiger charge is 2.19. The number of nitrogens with zero attached hydrogens (tertiary/aromatic N) is 2. The van der Waals surface area contributed by atoms with E-state index >= 15 is 0 Å². The van der Waals surface area contributed by atoms with E-state index in [1.54, 1.807) is 0 Å². The van der Waals surface area contributed by atoms with Crippen molar-refractivity contribution in [2.75, 3.05) is 11.9 Å². The minimum atomic E-state index is -0.600. The van der Waals surface area contributed by atoms with Gasteiger partial charge in [0.15, 0.2) is 0 Å². The fraction of sp³-hybridized carbons (Fsp3) is 0.583. The Morgan fingerprint density at radius 3 is 2.74 bits per heavy atom. The molecular formula is C12H18ClN3O3. The Morgan fingerprint density at radius 2 is 2.21 bits per heavy atom. The third-order valence-corrected chi connectivity index (χ3v) is 2.59. The topological polar surface area (TPSA) is 88.3 Å². The van der Waals surface area contributed by atoms with Gasteiger partial charge in [0.1, 0.15) is 0 Å². The predicted molar refractivity (Wildman–Crippen MR) is 74.5 cm³/mol. The maximum Gasteiger partial charge on any atom is 0.312 e. The first-order valence-electron chi connectivity index (χ1n) is 5.91. The van der Waals surface area contributed by atoms with Crippen LogP contribution in [0.2, 0.25) is 5.02 Å². The summed E-state index contributed by atoms with van der Waals surface area (Å²) in [5.74, 6) is 0.113. The molecule has 1 rings (SSSR count). The molecule has 0 amide bonds. The SMILES string of the molecule is CC(C)(C)CC(O)CNc1ncc(Cl)cc1[N+](=O)[O-]. The molecule has 0 aliphatic heterocycles. The van der Waals surface area contributed by atoms with Gasteiger partial charge in [0, 0.05) is 18.8 Å². The van der Waals surface area contributed by atoms with Gasteiger partial charge >= 0.3 is 5.69 Å². The van der Waals surface area contributed by atoms with Crippen LogP contribution < -0.4 is 5.32 Å². The molecular weight excluding hydrogens is 270 g/mol. The summed E-state index contributed by atoms with van der Waals surface area (Å²) in [6.07, 6.45) is 1.31. The standard InChI is InChI=1S/C12H18ClN3O3/c1-12(2,3)5-9(17)7-15-11-10(16(18)19)4-8(13)6-14-11/h4,6,9,17H,5,7H2,1-3H3,(H,14,15).